The number of primary amides is 1. The van der Waals surface area contributed by atoms with Gasteiger partial charge in [-0.3, -0.25) is 9.59 Å². The molecule has 3 rings (SSSR count). The number of carbonyl (C=O) groups excluding carboxylic acids is 2. The number of nitrogens with one attached hydrogen (secondary N) is 1. The van der Waals surface area contributed by atoms with Crippen LogP contribution in [-0.2, 0) is 0 Å². The normalized spacial score (nSPS) is 10.6. The molecular formula is C17H15N3O2S2. The number of carbonyl (C=O) groups is 2. The van der Waals surface area contributed by atoms with Crippen molar-refractivity contribution in [2.45, 2.75) is 13.8 Å². The summed E-state index contributed by atoms with van der Waals surface area (Å²) in [4.78, 5) is 29.4. The standard InChI is InChI=1S/C17H15N3O2S2/c1-9-13(11-6-4-3-5-7-11)14(15(18)21)17(24-9)20-16(22)12-8-23-10(2)19-12/h3-8H,1-2H3,(H2,18,21)(H,20,22). The van der Waals surface area contributed by atoms with E-state index in [2.05, 4.69) is 10.3 Å². The van der Waals surface area contributed by atoms with Gasteiger partial charge in [-0.2, -0.15) is 0 Å². The predicted molar refractivity (Wildman–Crippen MR) is 97.8 cm³/mol. The van der Waals surface area contributed by atoms with Crippen LogP contribution >= 0.6 is 22.7 Å². The van der Waals surface area contributed by atoms with Crippen molar-refractivity contribution in [1.29, 1.82) is 0 Å². The first-order chi connectivity index (χ1) is 11.5. The molecule has 0 saturated heterocycles. The predicted octanol–water partition coefficient (Wildman–Crippen LogP) is 3.84. The number of nitrogens with two attached hydrogens (primary N) is 1. The average molecular weight is 357 g/mol. The number of nitrogens with zero attached hydrogens (tertiary/aromatic N) is 1. The molecule has 0 aliphatic carbocycles. The van der Waals surface area contributed by atoms with Crippen molar-refractivity contribution in [3.8, 4) is 11.1 Å². The van der Waals surface area contributed by atoms with Gasteiger partial charge >= 0.3 is 0 Å². The lowest BCUT2D eigenvalue weighted by molar-refractivity contribution is 0.100. The molecule has 24 heavy (non-hydrogen) atoms. The van der Waals surface area contributed by atoms with Crippen LogP contribution in [0.1, 0.15) is 30.7 Å². The van der Waals surface area contributed by atoms with Gasteiger partial charge in [0.2, 0.25) is 0 Å². The number of amides is 2. The van der Waals surface area contributed by atoms with Gasteiger partial charge in [-0.15, -0.1) is 22.7 Å². The monoisotopic (exact) mass is 357 g/mol. The van der Waals surface area contributed by atoms with Crippen LogP contribution in [0.15, 0.2) is 35.7 Å². The smallest absolute Gasteiger partial charge is 0.275 e. The van der Waals surface area contributed by atoms with Crippen molar-refractivity contribution in [2.75, 3.05) is 5.32 Å². The SMILES string of the molecule is Cc1nc(C(=O)Nc2sc(C)c(-c3ccccc3)c2C(N)=O)cs1. The van der Waals surface area contributed by atoms with Crippen LogP contribution in [0.5, 0.6) is 0 Å². The molecule has 0 spiro atoms. The molecule has 0 saturated carbocycles. The first-order valence-corrected chi connectivity index (χ1v) is 8.89. The molecule has 2 aromatic heterocycles. The molecule has 0 radical (unpaired) electrons. The average Bonchev–Trinajstić information content (AvgIpc) is 3.11. The van der Waals surface area contributed by atoms with E-state index < -0.39 is 5.91 Å². The van der Waals surface area contributed by atoms with Crippen LogP contribution in [0.4, 0.5) is 5.00 Å². The number of thiazole rings is 1. The van der Waals surface area contributed by atoms with Gasteiger partial charge in [-0.25, -0.2) is 4.98 Å². The molecule has 7 heteroatoms. The minimum absolute atomic E-state index is 0.334. The molecule has 0 atom stereocenters. The fraction of sp³-hybridized carbons (Fsp3) is 0.118. The minimum atomic E-state index is -0.567. The van der Waals surface area contributed by atoms with Gasteiger partial charge in [-0.05, 0) is 19.4 Å². The zero-order valence-electron chi connectivity index (χ0n) is 13.1. The maximum absolute atomic E-state index is 12.3. The van der Waals surface area contributed by atoms with Gasteiger partial charge in [0.25, 0.3) is 11.8 Å². The summed E-state index contributed by atoms with van der Waals surface area (Å²) < 4.78 is 0. The molecule has 0 aliphatic heterocycles. The Balaban J connectivity index is 2.03. The van der Waals surface area contributed by atoms with E-state index in [1.54, 1.807) is 5.38 Å². The van der Waals surface area contributed by atoms with E-state index in [-0.39, 0.29) is 5.91 Å². The number of aryl methyl sites for hydroxylation is 2. The molecule has 0 unspecified atom stereocenters. The first-order valence-electron chi connectivity index (χ1n) is 7.19. The lowest BCUT2D eigenvalue weighted by Gasteiger charge is -2.06. The second-order valence-electron chi connectivity index (χ2n) is 5.17. The number of rotatable bonds is 4. The molecule has 3 aromatic rings. The van der Waals surface area contributed by atoms with E-state index in [0.717, 1.165) is 21.0 Å². The summed E-state index contributed by atoms with van der Waals surface area (Å²) in [7, 11) is 0. The zero-order valence-corrected chi connectivity index (χ0v) is 14.8. The van der Waals surface area contributed by atoms with E-state index in [4.69, 9.17) is 5.73 Å². The Morgan fingerprint density at radius 3 is 2.46 bits per heavy atom. The molecular weight excluding hydrogens is 342 g/mol. The summed E-state index contributed by atoms with van der Waals surface area (Å²) >= 11 is 2.74. The van der Waals surface area contributed by atoms with Gasteiger partial charge in [0.05, 0.1) is 10.6 Å². The number of benzene rings is 1. The lowest BCUT2D eigenvalue weighted by atomic mass is 10.0. The number of thiophene rings is 1. The Labute approximate surface area is 147 Å². The van der Waals surface area contributed by atoms with Gasteiger partial charge in [-0.1, -0.05) is 30.3 Å². The van der Waals surface area contributed by atoms with E-state index in [9.17, 15) is 9.59 Å². The summed E-state index contributed by atoms with van der Waals surface area (Å²) in [6.07, 6.45) is 0. The number of hydrogen-bond donors (Lipinski definition) is 2. The lowest BCUT2D eigenvalue weighted by Crippen LogP contribution is -2.17. The number of aromatic nitrogens is 1. The second-order valence-corrected chi connectivity index (χ2v) is 7.46. The highest BCUT2D eigenvalue weighted by atomic mass is 32.1. The van der Waals surface area contributed by atoms with Crippen molar-refractivity contribution in [3.63, 3.8) is 0 Å². The summed E-state index contributed by atoms with van der Waals surface area (Å²) in [5.41, 5.74) is 7.91. The molecule has 3 N–H and O–H groups in total. The summed E-state index contributed by atoms with van der Waals surface area (Å²) in [5, 5.41) is 5.72. The van der Waals surface area contributed by atoms with E-state index in [0.29, 0.717) is 16.3 Å². The third-order valence-electron chi connectivity index (χ3n) is 3.47. The van der Waals surface area contributed by atoms with Crippen LogP contribution in [0.3, 0.4) is 0 Å². The van der Waals surface area contributed by atoms with Gasteiger partial charge in [0.1, 0.15) is 10.7 Å². The molecule has 1 aromatic carbocycles. The summed E-state index contributed by atoms with van der Waals surface area (Å²) in [6, 6.07) is 9.53. The van der Waals surface area contributed by atoms with E-state index in [1.165, 1.54) is 22.7 Å². The number of hydrogen-bond acceptors (Lipinski definition) is 5. The van der Waals surface area contributed by atoms with Crippen LogP contribution in [-0.4, -0.2) is 16.8 Å². The zero-order chi connectivity index (χ0) is 17.3. The van der Waals surface area contributed by atoms with Crippen LogP contribution in [0.2, 0.25) is 0 Å². The molecule has 2 amide bonds. The van der Waals surface area contributed by atoms with E-state index in [1.807, 2.05) is 44.2 Å². The van der Waals surface area contributed by atoms with Crippen molar-refractivity contribution >= 4 is 39.5 Å². The molecule has 0 bridgehead atoms. The molecule has 122 valence electrons. The highest BCUT2D eigenvalue weighted by Crippen LogP contribution is 2.39. The van der Waals surface area contributed by atoms with Gasteiger partial charge in [0, 0.05) is 15.8 Å². The van der Waals surface area contributed by atoms with Crippen molar-refractivity contribution < 1.29 is 9.59 Å². The topological polar surface area (TPSA) is 85.1 Å². The van der Waals surface area contributed by atoms with Gasteiger partial charge in [0.15, 0.2) is 0 Å². The Morgan fingerprint density at radius 1 is 1.17 bits per heavy atom. The highest BCUT2D eigenvalue weighted by Gasteiger charge is 2.23. The summed E-state index contributed by atoms with van der Waals surface area (Å²) in [6.45, 7) is 3.74. The van der Waals surface area contributed by atoms with Crippen LogP contribution < -0.4 is 11.1 Å². The van der Waals surface area contributed by atoms with E-state index >= 15 is 0 Å². The molecule has 5 nitrogen and oxygen atoms in total. The molecule has 2 heterocycles. The number of anilines is 1. The third kappa shape index (κ3) is 3.08. The second kappa shape index (κ2) is 6.54. The first kappa shape index (κ1) is 16.4. The van der Waals surface area contributed by atoms with Crippen LogP contribution in [0.25, 0.3) is 11.1 Å². The van der Waals surface area contributed by atoms with Crippen molar-refractivity contribution in [3.05, 3.63) is 56.9 Å². The Morgan fingerprint density at radius 2 is 1.88 bits per heavy atom. The van der Waals surface area contributed by atoms with Crippen LogP contribution in [0, 0.1) is 13.8 Å². The molecule has 0 fully saturated rings. The van der Waals surface area contributed by atoms with Gasteiger partial charge < -0.3 is 11.1 Å². The largest absolute Gasteiger partial charge is 0.365 e. The summed E-state index contributed by atoms with van der Waals surface area (Å²) in [5.74, 6) is -0.911. The Hall–Kier alpha value is -2.51. The fourth-order valence-corrected chi connectivity index (χ4v) is 4.12. The maximum atomic E-state index is 12.3. The molecule has 0 aliphatic rings. The Bertz CT molecular complexity index is 913. The highest BCUT2D eigenvalue weighted by molar-refractivity contribution is 7.17. The quantitative estimate of drug-likeness (QED) is 0.744. The Kier molecular flexibility index (Phi) is 4.46. The minimum Gasteiger partial charge on any atom is -0.365 e. The maximum Gasteiger partial charge on any atom is 0.275 e. The van der Waals surface area contributed by atoms with Crippen molar-refractivity contribution in [1.82, 2.24) is 4.98 Å². The fourth-order valence-electron chi connectivity index (χ4n) is 2.46. The third-order valence-corrected chi connectivity index (χ3v) is 5.27. The van der Waals surface area contributed by atoms with Crippen molar-refractivity contribution in [2.24, 2.45) is 5.73 Å².